The molecule has 0 radical (unpaired) electrons. The molecular weight excluding hydrogens is 188 g/mol. The average molecular weight is 195 g/mol. The largest absolute Gasteiger partial charge is 0.707 e. The molecule has 0 amide bonds. The van der Waals surface area contributed by atoms with Crippen molar-refractivity contribution in [1.82, 2.24) is 4.98 Å². The van der Waals surface area contributed by atoms with Gasteiger partial charge in [0.05, 0.1) is 0 Å². The first-order valence-corrected chi connectivity index (χ1v) is 3.75. The van der Waals surface area contributed by atoms with E-state index >= 15 is 0 Å². The molecule has 0 fully saturated rings. The Balaban J connectivity index is 2.93. The van der Waals surface area contributed by atoms with Gasteiger partial charge < -0.3 is 14.7 Å². The number of nitrogens with zero attached hydrogens (tertiary/aromatic N) is 1. The van der Waals surface area contributed by atoms with E-state index < -0.39 is 13.3 Å². The van der Waals surface area contributed by atoms with Crippen molar-refractivity contribution in [3.05, 3.63) is 23.8 Å². The molecule has 0 atom stereocenters. The van der Waals surface area contributed by atoms with Crippen LogP contribution in [0.25, 0.3) is 0 Å². The summed E-state index contributed by atoms with van der Waals surface area (Å²) in [4.78, 5) is 3.43. The maximum absolute atomic E-state index is 13.0. The predicted molar refractivity (Wildman–Crippen MR) is 47.6 cm³/mol. The van der Waals surface area contributed by atoms with Crippen molar-refractivity contribution in [2.75, 3.05) is 0 Å². The molecule has 72 valence electrons. The summed E-state index contributed by atoms with van der Waals surface area (Å²) in [5.74, 6) is 3.84. The van der Waals surface area contributed by atoms with Gasteiger partial charge in [0.25, 0.3) is 5.95 Å². The molecular formula is C8H7BFNO3. The van der Waals surface area contributed by atoms with E-state index in [0.717, 1.165) is 0 Å². The molecule has 14 heavy (non-hydrogen) atoms. The molecule has 1 aromatic rings. The lowest BCUT2D eigenvalue weighted by Crippen LogP contribution is -2.21. The minimum Gasteiger partial charge on any atom is -0.508 e. The Labute approximate surface area is 80.5 Å². The summed E-state index contributed by atoms with van der Waals surface area (Å²) < 4.78 is 17.3. The van der Waals surface area contributed by atoms with Crippen LogP contribution in [-0.2, 0) is 0 Å². The van der Waals surface area contributed by atoms with E-state index in [1.165, 1.54) is 12.1 Å². The summed E-state index contributed by atoms with van der Waals surface area (Å²) >= 11 is 0. The first kappa shape index (κ1) is 10.5. The van der Waals surface area contributed by atoms with Crippen molar-refractivity contribution >= 4 is 7.32 Å². The normalized spacial score (nSPS) is 8.86. The van der Waals surface area contributed by atoms with Gasteiger partial charge in [-0.3, -0.25) is 0 Å². The first-order chi connectivity index (χ1) is 6.63. The maximum Gasteiger partial charge on any atom is 0.707 e. The van der Waals surface area contributed by atoms with Crippen LogP contribution >= 0.6 is 0 Å². The fraction of sp³-hybridized carbons (Fsp3) is 0.125. The van der Waals surface area contributed by atoms with Crippen LogP contribution in [0.1, 0.15) is 12.6 Å². The lowest BCUT2D eigenvalue weighted by Gasteiger charge is -2.04. The van der Waals surface area contributed by atoms with Crippen LogP contribution in [0.3, 0.4) is 0 Å². The minimum absolute atomic E-state index is 0.254. The zero-order valence-electron chi connectivity index (χ0n) is 7.36. The third-order valence-corrected chi connectivity index (χ3v) is 1.30. The Morgan fingerprint density at radius 3 is 2.71 bits per heavy atom. The highest BCUT2D eigenvalue weighted by molar-refractivity contribution is 6.33. The van der Waals surface area contributed by atoms with Crippen LogP contribution in [0.15, 0.2) is 12.1 Å². The summed E-state index contributed by atoms with van der Waals surface area (Å²) in [5, 5.41) is 16.8. The highest BCUT2D eigenvalue weighted by Gasteiger charge is 2.15. The van der Waals surface area contributed by atoms with Crippen LogP contribution in [0.2, 0.25) is 0 Å². The van der Waals surface area contributed by atoms with Crippen molar-refractivity contribution in [1.29, 1.82) is 0 Å². The van der Waals surface area contributed by atoms with Crippen molar-refractivity contribution in [2.45, 2.75) is 6.92 Å². The number of aromatic nitrogens is 1. The van der Waals surface area contributed by atoms with Gasteiger partial charge >= 0.3 is 7.32 Å². The van der Waals surface area contributed by atoms with E-state index in [1.807, 2.05) is 0 Å². The van der Waals surface area contributed by atoms with Crippen molar-refractivity contribution in [3.8, 4) is 17.6 Å². The minimum atomic E-state index is -2.06. The molecule has 0 aliphatic heterocycles. The van der Waals surface area contributed by atoms with Crippen molar-refractivity contribution in [3.63, 3.8) is 0 Å². The molecule has 0 aliphatic carbocycles. The lowest BCUT2D eigenvalue weighted by molar-refractivity contribution is 0.280. The molecule has 6 heteroatoms. The van der Waals surface area contributed by atoms with E-state index in [-0.39, 0.29) is 11.4 Å². The molecule has 0 saturated carbocycles. The number of pyridine rings is 1. The Hall–Kier alpha value is -1.58. The van der Waals surface area contributed by atoms with E-state index in [9.17, 15) is 4.39 Å². The standard InChI is InChI=1S/C8H7BFNO3/c1-2-3-6-4-5-7(8(10)11-6)14-9(12)13/h4-5,12-13H,1H3. The molecule has 4 nitrogen and oxygen atoms in total. The van der Waals surface area contributed by atoms with Gasteiger partial charge in [-0.05, 0) is 25.0 Å². The molecule has 0 unspecified atom stereocenters. The van der Waals surface area contributed by atoms with Crippen LogP contribution in [0.5, 0.6) is 5.75 Å². The number of halogens is 1. The molecule has 1 aromatic heterocycles. The Morgan fingerprint density at radius 2 is 2.21 bits per heavy atom. The van der Waals surface area contributed by atoms with Crippen LogP contribution in [-0.4, -0.2) is 22.4 Å². The average Bonchev–Trinajstić information content (AvgIpc) is 2.10. The fourth-order valence-corrected chi connectivity index (χ4v) is 0.821. The predicted octanol–water partition coefficient (Wildman–Crippen LogP) is -0.0596. The van der Waals surface area contributed by atoms with Crippen LogP contribution in [0.4, 0.5) is 4.39 Å². The Kier molecular flexibility index (Phi) is 3.45. The second kappa shape index (κ2) is 4.60. The highest BCUT2D eigenvalue weighted by atomic mass is 19.1. The van der Waals surface area contributed by atoms with Gasteiger partial charge in [-0.2, -0.15) is 4.39 Å². The number of hydrogen-bond acceptors (Lipinski definition) is 4. The molecule has 1 rings (SSSR count). The zero-order valence-corrected chi connectivity index (χ0v) is 7.36. The maximum atomic E-state index is 13.0. The lowest BCUT2D eigenvalue weighted by atomic mass is 10.2. The van der Waals surface area contributed by atoms with Crippen LogP contribution in [0, 0.1) is 17.8 Å². The van der Waals surface area contributed by atoms with Gasteiger partial charge in [0.2, 0.25) is 0 Å². The summed E-state index contributed by atoms with van der Waals surface area (Å²) in [6, 6.07) is 2.64. The smallest absolute Gasteiger partial charge is 0.508 e. The molecule has 0 bridgehead atoms. The molecule has 0 saturated heterocycles. The molecule has 0 aliphatic rings. The fourth-order valence-electron chi connectivity index (χ4n) is 0.821. The highest BCUT2D eigenvalue weighted by Crippen LogP contribution is 2.14. The number of rotatable bonds is 2. The SMILES string of the molecule is CC#Cc1ccc(OB(O)O)c(F)n1. The molecule has 1 heterocycles. The summed E-state index contributed by atoms with van der Waals surface area (Å²) in [7, 11) is -2.06. The quantitative estimate of drug-likeness (QED) is 0.394. The van der Waals surface area contributed by atoms with E-state index in [2.05, 4.69) is 21.5 Å². The topological polar surface area (TPSA) is 62.6 Å². The zero-order chi connectivity index (χ0) is 10.6. The third kappa shape index (κ3) is 2.73. The van der Waals surface area contributed by atoms with E-state index in [1.54, 1.807) is 6.92 Å². The first-order valence-electron chi connectivity index (χ1n) is 3.75. The van der Waals surface area contributed by atoms with Gasteiger partial charge in [-0.15, -0.1) is 0 Å². The summed E-state index contributed by atoms with van der Waals surface area (Å²) in [6.45, 7) is 1.60. The third-order valence-electron chi connectivity index (χ3n) is 1.30. The molecule has 2 N–H and O–H groups in total. The second-order valence-corrected chi connectivity index (χ2v) is 2.30. The van der Waals surface area contributed by atoms with Crippen molar-refractivity contribution < 1.29 is 19.1 Å². The monoisotopic (exact) mass is 195 g/mol. The Morgan fingerprint density at radius 1 is 1.50 bits per heavy atom. The van der Waals surface area contributed by atoms with Crippen molar-refractivity contribution in [2.24, 2.45) is 0 Å². The van der Waals surface area contributed by atoms with Gasteiger partial charge in [0, 0.05) is 0 Å². The van der Waals surface area contributed by atoms with E-state index in [4.69, 9.17) is 10.0 Å². The number of hydrogen-bond donors (Lipinski definition) is 2. The van der Waals surface area contributed by atoms with Gasteiger partial charge in [-0.25, -0.2) is 4.98 Å². The summed E-state index contributed by atoms with van der Waals surface area (Å²) in [6.07, 6.45) is 0. The van der Waals surface area contributed by atoms with Gasteiger partial charge in [0.1, 0.15) is 5.69 Å². The van der Waals surface area contributed by atoms with Gasteiger partial charge in [-0.1, -0.05) is 5.92 Å². The van der Waals surface area contributed by atoms with E-state index in [0.29, 0.717) is 0 Å². The molecule has 0 aromatic carbocycles. The van der Waals surface area contributed by atoms with Gasteiger partial charge in [0.15, 0.2) is 5.75 Å². The molecule has 0 spiro atoms. The summed E-state index contributed by atoms with van der Waals surface area (Å²) in [5.41, 5.74) is 0.254. The second-order valence-electron chi connectivity index (χ2n) is 2.30. The van der Waals surface area contributed by atoms with Crippen LogP contribution < -0.4 is 4.65 Å². The Bertz CT molecular complexity index is 386.